The van der Waals surface area contributed by atoms with Gasteiger partial charge in [0.2, 0.25) is 0 Å². The minimum absolute atomic E-state index is 0.0616. The number of H-pyrrole nitrogens is 1. The van der Waals surface area contributed by atoms with Gasteiger partial charge in [-0.1, -0.05) is 61.7 Å². The highest BCUT2D eigenvalue weighted by Gasteiger charge is 2.34. The number of aromatic nitrogens is 5. The molecule has 0 bridgehead atoms. The molecule has 1 N–H and O–H groups in total. The van der Waals surface area contributed by atoms with Crippen LogP contribution in [0, 0.1) is 13.8 Å². The zero-order valence-electron chi connectivity index (χ0n) is 23.1. The summed E-state index contributed by atoms with van der Waals surface area (Å²) in [5.74, 6) is 0.743. The summed E-state index contributed by atoms with van der Waals surface area (Å²) in [6.45, 7) is 8.60. The number of fused-ring (bicyclic) bond motifs is 1. The summed E-state index contributed by atoms with van der Waals surface area (Å²) in [7, 11) is 0. The van der Waals surface area contributed by atoms with Crippen molar-refractivity contribution >= 4 is 10.9 Å². The number of aryl methyl sites for hydroxylation is 4. The molecule has 0 spiro atoms. The summed E-state index contributed by atoms with van der Waals surface area (Å²) in [6.07, 6.45) is 7.50. The van der Waals surface area contributed by atoms with E-state index in [0.717, 1.165) is 66.0 Å². The van der Waals surface area contributed by atoms with Crippen LogP contribution in [0.3, 0.4) is 0 Å². The van der Waals surface area contributed by atoms with Gasteiger partial charge >= 0.3 is 0 Å². The number of hydrogen-bond donors (Lipinski definition) is 1. The molecule has 2 aromatic carbocycles. The number of pyridine rings is 1. The predicted octanol–water partition coefficient (Wildman–Crippen LogP) is 4.41. The topological polar surface area (TPSA) is 82.9 Å². The van der Waals surface area contributed by atoms with Gasteiger partial charge in [0.1, 0.15) is 6.04 Å². The molecule has 2 fully saturated rings. The van der Waals surface area contributed by atoms with E-state index >= 15 is 0 Å². The van der Waals surface area contributed by atoms with E-state index in [0.29, 0.717) is 12.6 Å². The minimum Gasteiger partial charge on any atom is -0.321 e. The van der Waals surface area contributed by atoms with E-state index in [4.69, 9.17) is 0 Å². The fraction of sp³-hybridized carbons (Fsp3) is 0.484. The average Bonchev–Trinajstić information content (AvgIpc) is 3.44. The molecule has 0 amide bonds. The molecule has 0 radical (unpaired) electrons. The SMILES string of the molecule is Cc1ccc(C)c2[nH]c(=O)c([C@@H](c3nnnn3CCc3ccccc3)N3CCN(C4CCCCC4)CC3)cc12. The monoisotopic (exact) mass is 525 g/mol. The molecule has 8 heteroatoms. The summed E-state index contributed by atoms with van der Waals surface area (Å²) >= 11 is 0. The number of hydrogen-bond acceptors (Lipinski definition) is 6. The molecule has 1 saturated heterocycles. The Bertz CT molecular complexity index is 1460. The number of benzene rings is 2. The summed E-state index contributed by atoms with van der Waals surface area (Å²) in [6, 6.07) is 17.1. The van der Waals surface area contributed by atoms with E-state index in [2.05, 4.69) is 79.7 Å². The molecule has 39 heavy (non-hydrogen) atoms. The Morgan fingerprint density at radius 2 is 1.69 bits per heavy atom. The Morgan fingerprint density at radius 1 is 0.949 bits per heavy atom. The van der Waals surface area contributed by atoms with Crippen LogP contribution in [0.2, 0.25) is 0 Å². The summed E-state index contributed by atoms with van der Waals surface area (Å²) in [5.41, 5.74) is 5.04. The van der Waals surface area contributed by atoms with Crippen LogP contribution in [0.4, 0.5) is 0 Å². The number of rotatable bonds is 7. The molecule has 2 aromatic heterocycles. The highest BCUT2D eigenvalue weighted by atomic mass is 16.1. The van der Waals surface area contributed by atoms with Crippen molar-refractivity contribution < 1.29 is 0 Å². The highest BCUT2D eigenvalue weighted by Crippen LogP contribution is 2.31. The van der Waals surface area contributed by atoms with Gasteiger partial charge in [0.05, 0.1) is 5.52 Å². The normalized spacial score (nSPS) is 18.5. The van der Waals surface area contributed by atoms with Gasteiger partial charge in [0.25, 0.3) is 5.56 Å². The fourth-order valence-electron chi connectivity index (χ4n) is 6.55. The van der Waals surface area contributed by atoms with Crippen molar-refractivity contribution in [2.24, 2.45) is 0 Å². The van der Waals surface area contributed by atoms with Gasteiger partial charge in [-0.3, -0.25) is 14.6 Å². The van der Waals surface area contributed by atoms with Gasteiger partial charge in [-0.05, 0) is 66.3 Å². The molecule has 1 aliphatic carbocycles. The number of nitrogens with zero attached hydrogens (tertiary/aromatic N) is 6. The third-order valence-electron chi connectivity index (χ3n) is 8.83. The van der Waals surface area contributed by atoms with Crippen LogP contribution < -0.4 is 5.56 Å². The van der Waals surface area contributed by atoms with Crippen LogP contribution in [0.1, 0.15) is 66.2 Å². The maximum Gasteiger partial charge on any atom is 0.253 e. The standard InChI is InChI=1S/C31H39N7O/c1-22-13-14-23(2)28-26(22)21-27(31(39)32-28)29(37-19-17-36(18-20-37)25-11-7-4-8-12-25)30-33-34-35-38(30)16-15-24-9-5-3-6-10-24/h3,5-6,9-10,13-14,21,25,29H,4,7-8,11-12,15-20H2,1-2H3,(H,32,39)/t29-/m0/s1. The largest absolute Gasteiger partial charge is 0.321 e. The lowest BCUT2D eigenvalue weighted by molar-refractivity contribution is 0.0617. The Morgan fingerprint density at radius 3 is 2.46 bits per heavy atom. The molecular weight excluding hydrogens is 486 g/mol. The molecule has 1 saturated carbocycles. The average molecular weight is 526 g/mol. The predicted molar refractivity (Wildman–Crippen MR) is 154 cm³/mol. The molecule has 1 atom stereocenters. The molecule has 0 unspecified atom stereocenters. The third kappa shape index (κ3) is 5.40. The Hall–Kier alpha value is -3.36. The molecular formula is C31H39N7O. The summed E-state index contributed by atoms with van der Waals surface area (Å²) in [4.78, 5) is 22.0. The first-order valence-corrected chi connectivity index (χ1v) is 14.5. The quantitative estimate of drug-likeness (QED) is 0.385. The van der Waals surface area contributed by atoms with Crippen molar-refractivity contribution in [3.05, 3.63) is 87.0 Å². The van der Waals surface area contributed by atoms with E-state index in [1.54, 1.807) is 0 Å². The van der Waals surface area contributed by atoms with Gasteiger partial charge in [0.15, 0.2) is 5.82 Å². The zero-order chi connectivity index (χ0) is 26.8. The van der Waals surface area contributed by atoms with E-state index in [1.807, 2.05) is 17.7 Å². The van der Waals surface area contributed by atoms with Crippen molar-refractivity contribution in [2.75, 3.05) is 26.2 Å². The lowest BCUT2D eigenvalue weighted by Gasteiger charge is -2.43. The number of piperazine rings is 1. The first kappa shape index (κ1) is 25.9. The van der Waals surface area contributed by atoms with Crippen molar-refractivity contribution in [1.82, 2.24) is 35.0 Å². The van der Waals surface area contributed by atoms with Crippen LogP contribution in [-0.4, -0.2) is 67.2 Å². The van der Waals surface area contributed by atoms with Crippen LogP contribution in [0.15, 0.2) is 53.3 Å². The summed E-state index contributed by atoms with van der Waals surface area (Å²) in [5, 5.41) is 14.1. The van der Waals surface area contributed by atoms with Gasteiger partial charge < -0.3 is 4.98 Å². The molecule has 8 nitrogen and oxygen atoms in total. The zero-order valence-corrected chi connectivity index (χ0v) is 23.1. The van der Waals surface area contributed by atoms with E-state index < -0.39 is 0 Å². The van der Waals surface area contributed by atoms with Gasteiger partial charge in [-0.25, -0.2) is 4.68 Å². The fourth-order valence-corrected chi connectivity index (χ4v) is 6.55. The van der Waals surface area contributed by atoms with Crippen LogP contribution in [-0.2, 0) is 13.0 Å². The van der Waals surface area contributed by atoms with E-state index in [1.165, 1.54) is 37.7 Å². The van der Waals surface area contributed by atoms with Crippen molar-refractivity contribution in [2.45, 2.75) is 71.0 Å². The van der Waals surface area contributed by atoms with Gasteiger partial charge in [0, 0.05) is 49.7 Å². The first-order chi connectivity index (χ1) is 19.1. The van der Waals surface area contributed by atoms with Crippen molar-refractivity contribution in [3.8, 4) is 0 Å². The van der Waals surface area contributed by atoms with Gasteiger partial charge in [-0.2, -0.15) is 0 Å². The smallest absolute Gasteiger partial charge is 0.253 e. The van der Waals surface area contributed by atoms with Crippen molar-refractivity contribution in [3.63, 3.8) is 0 Å². The summed E-state index contributed by atoms with van der Waals surface area (Å²) < 4.78 is 1.90. The van der Waals surface area contributed by atoms with Gasteiger partial charge in [-0.15, -0.1) is 5.10 Å². The van der Waals surface area contributed by atoms with Crippen LogP contribution in [0.5, 0.6) is 0 Å². The lowest BCUT2D eigenvalue weighted by Crippen LogP contribution is -2.52. The minimum atomic E-state index is -0.308. The Kier molecular flexibility index (Phi) is 7.57. The second kappa shape index (κ2) is 11.4. The van der Waals surface area contributed by atoms with E-state index in [-0.39, 0.29) is 11.6 Å². The third-order valence-corrected chi connectivity index (χ3v) is 8.83. The number of tetrazole rings is 1. The van der Waals surface area contributed by atoms with Crippen LogP contribution >= 0.6 is 0 Å². The maximum atomic E-state index is 13.7. The number of nitrogens with one attached hydrogen (secondary N) is 1. The second-order valence-corrected chi connectivity index (χ2v) is 11.3. The molecule has 1 aliphatic heterocycles. The Balaban J connectivity index is 1.35. The molecule has 3 heterocycles. The molecule has 2 aliphatic rings. The van der Waals surface area contributed by atoms with Crippen LogP contribution in [0.25, 0.3) is 10.9 Å². The lowest BCUT2D eigenvalue weighted by atomic mass is 9.93. The second-order valence-electron chi connectivity index (χ2n) is 11.3. The Labute approximate surface area is 230 Å². The maximum absolute atomic E-state index is 13.7. The number of aromatic amines is 1. The highest BCUT2D eigenvalue weighted by molar-refractivity contribution is 5.85. The molecule has 6 rings (SSSR count). The first-order valence-electron chi connectivity index (χ1n) is 14.5. The molecule has 204 valence electrons. The van der Waals surface area contributed by atoms with Crippen molar-refractivity contribution in [1.29, 1.82) is 0 Å². The van der Waals surface area contributed by atoms with E-state index in [9.17, 15) is 4.79 Å². The molecule has 4 aromatic rings.